The van der Waals surface area contributed by atoms with E-state index in [-0.39, 0.29) is 24.0 Å². The van der Waals surface area contributed by atoms with E-state index in [2.05, 4.69) is 68.6 Å². The number of hydrogen-bond donors (Lipinski definition) is 2. The number of halogens is 2. The van der Waals surface area contributed by atoms with Crippen LogP contribution in [0.3, 0.4) is 0 Å². The van der Waals surface area contributed by atoms with Gasteiger partial charge in [-0.3, -0.25) is 4.99 Å². The van der Waals surface area contributed by atoms with Gasteiger partial charge in [-0.2, -0.15) is 0 Å². The van der Waals surface area contributed by atoms with Gasteiger partial charge in [-0.15, -0.1) is 35.3 Å². The van der Waals surface area contributed by atoms with Crippen molar-refractivity contribution in [2.75, 3.05) is 13.6 Å². The highest BCUT2D eigenvalue weighted by Crippen LogP contribution is 2.15. The molecule has 4 nitrogen and oxygen atoms in total. The van der Waals surface area contributed by atoms with Crippen LogP contribution >= 0.6 is 51.2 Å². The number of rotatable bonds is 5. The maximum Gasteiger partial charge on any atom is 0.191 e. The van der Waals surface area contributed by atoms with E-state index < -0.39 is 0 Å². The van der Waals surface area contributed by atoms with Crippen LogP contribution in [0.5, 0.6) is 0 Å². The average molecular weight is 509 g/mol. The molecular weight excluding hydrogens is 487 g/mol. The van der Waals surface area contributed by atoms with Crippen LogP contribution in [0, 0.1) is 13.8 Å². The summed E-state index contributed by atoms with van der Waals surface area (Å²) in [6, 6.07) is 6.31. The Morgan fingerprint density at radius 2 is 2.09 bits per heavy atom. The number of guanidine groups is 1. The molecule has 0 amide bonds. The van der Waals surface area contributed by atoms with Gasteiger partial charge in [0.05, 0.1) is 5.01 Å². The summed E-state index contributed by atoms with van der Waals surface area (Å²) in [4.78, 5) is 9.87. The molecule has 1 aromatic heterocycles. The van der Waals surface area contributed by atoms with Gasteiger partial charge in [-0.25, -0.2) is 4.98 Å². The third-order valence-electron chi connectivity index (χ3n) is 3.27. The summed E-state index contributed by atoms with van der Waals surface area (Å²) in [5.74, 6) is 0.815. The molecule has 0 atom stereocenters. The average Bonchev–Trinajstić information content (AvgIpc) is 2.89. The summed E-state index contributed by atoms with van der Waals surface area (Å²) in [6.45, 7) is 5.78. The summed E-state index contributed by atoms with van der Waals surface area (Å²) in [6.07, 6.45) is 2.83. The summed E-state index contributed by atoms with van der Waals surface area (Å²) < 4.78 is 1.11. The van der Waals surface area contributed by atoms with Crippen LogP contribution in [0.2, 0.25) is 0 Å². The standard InChI is InChI=1S/C16H21BrN4S.HI/c1-11-8-14(17)5-4-13(11)10-21-16(18-3)19-7-6-15-20-9-12(2)22-15;/h4-5,8-9H,6-7,10H2,1-3H3,(H2,18,19,21);1H. The van der Waals surface area contributed by atoms with Gasteiger partial charge in [0.15, 0.2) is 5.96 Å². The van der Waals surface area contributed by atoms with E-state index in [9.17, 15) is 0 Å². The first-order valence-corrected chi connectivity index (χ1v) is 8.80. The lowest BCUT2D eigenvalue weighted by atomic mass is 10.1. The van der Waals surface area contributed by atoms with Crippen molar-refractivity contribution in [1.82, 2.24) is 15.6 Å². The molecule has 2 rings (SSSR count). The minimum absolute atomic E-state index is 0. The van der Waals surface area contributed by atoms with Crippen LogP contribution in [-0.2, 0) is 13.0 Å². The first-order valence-electron chi connectivity index (χ1n) is 7.19. The third-order valence-corrected chi connectivity index (χ3v) is 4.74. The second kappa shape index (κ2) is 10.2. The van der Waals surface area contributed by atoms with Gasteiger partial charge in [0.25, 0.3) is 0 Å². The highest BCUT2D eigenvalue weighted by molar-refractivity contribution is 14.0. The van der Waals surface area contributed by atoms with Gasteiger partial charge in [0.1, 0.15) is 0 Å². The van der Waals surface area contributed by atoms with Gasteiger partial charge >= 0.3 is 0 Å². The molecule has 0 saturated heterocycles. The zero-order chi connectivity index (χ0) is 15.9. The molecule has 2 aromatic rings. The van der Waals surface area contributed by atoms with E-state index in [4.69, 9.17) is 0 Å². The molecule has 0 aliphatic heterocycles. The Hall–Kier alpha value is -0.670. The Kier molecular flexibility index (Phi) is 9.08. The Balaban J connectivity index is 0.00000264. The van der Waals surface area contributed by atoms with E-state index in [1.165, 1.54) is 16.0 Å². The molecule has 23 heavy (non-hydrogen) atoms. The summed E-state index contributed by atoms with van der Waals surface area (Å²) in [5, 5.41) is 7.83. The minimum atomic E-state index is 0. The van der Waals surface area contributed by atoms with Crippen molar-refractivity contribution in [3.8, 4) is 0 Å². The monoisotopic (exact) mass is 508 g/mol. The molecule has 2 N–H and O–H groups in total. The molecule has 0 unspecified atom stereocenters. The van der Waals surface area contributed by atoms with Crippen molar-refractivity contribution in [3.05, 3.63) is 49.9 Å². The van der Waals surface area contributed by atoms with Crippen LogP contribution in [-0.4, -0.2) is 24.5 Å². The van der Waals surface area contributed by atoms with Crippen LogP contribution in [0.4, 0.5) is 0 Å². The van der Waals surface area contributed by atoms with Crippen LogP contribution < -0.4 is 10.6 Å². The number of benzene rings is 1. The molecule has 0 radical (unpaired) electrons. The molecular formula is C16H22BrIN4S. The Morgan fingerprint density at radius 1 is 1.30 bits per heavy atom. The topological polar surface area (TPSA) is 49.3 Å². The highest BCUT2D eigenvalue weighted by atomic mass is 127. The number of thiazole rings is 1. The molecule has 1 heterocycles. The molecule has 0 aliphatic carbocycles. The second-order valence-electron chi connectivity index (χ2n) is 5.04. The second-order valence-corrected chi connectivity index (χ2v) is 7.27. The molecule has 0 spiro atoms. The van der Waals surface area contributed by atoms with E-state index in [0.717, 1.165) is 35.0 Å². The minimum Gasteiger partial charge on any atom is -0.356 e. The molecule has 1 aromatic carbocycles. The fourth-order valence-corrected chi connectivity index (χ4v) is 3.32. The molecule has 0 fully saturated rings. The van der Waals surface area contributed by atoms with Crippen molar-refractivity contribution < 1.29 is 0 Å². The quantitative estimate of drug-likeness (QED) is 0.364. The van der Waals surface area contributed by atoms with Gasteiger partial charge in [-0.1, -0.05) is 22.0 Å². The Labute approximate surface area is 167 Å². The zero-order valence-electron chi connectivity index (χ0n) is 13.5. The van der Waals surface area contributed by atoms with Crippen molar-refractivity contribution in [2.24, 2.45) is 4.99 Å². The molecule has 126 valence electrons. The Morgan fingerprint density at radius 3 is 2.70 bits per heavy atom. The highest BCUT2D eigenvalue weighted by Gasteiger charge is 2.03. The van der Waals surface area contributed by atoms with Gasteiger partial charge in [-0.05, 0) is 37.1 Å². The number of nitrogens with one attached hydrogen (secondary N) is 2. The van der Waals surface area contributed by atoms with E-state index >= 15 is 0 Å². The lowest BCUT2D eigenvalue weighted by Crippen LogP contribution is -2.38. The fourth-order valence-electron chi connectivity index (χ4n) is 2.06. The predicted molar refractivity (Wildman–Crippen MR) is 113 cm³/mol. The summed E-state index contributed by atoms with van der Waals surface area (Å²) in [7, 11) is 1.79. The number of aliphatic imine (C=N–C) groups is 1. The lowest BCUT2D eigenvalue weighted by Gasteiger charge is -2.13. The zero-order valence-corrected chi connectivity index (χ0v) is 18.3. The lowest BCUT2D eigenvalue weighted by molar-refractivity contribution is 0.790. The number of aromatic nitrogens is 1. The Bertz CT molecular complexity index is 657. The summed E-state index contributed by atoms with van der Waals surface area (Å²) >= 11 is 5.23. The fraction of sp³-hybridized carbons (Fsp3) is 0.375. The smallest absolute Gasteiger partial charge is 0.191 e. The van der Waals surface area contributed by atoms with Gasteiger partial charge < -0.3 is 10.6 Å². The van der Waals surface area contributed by atoms with Crippen LogP contribution in [0.25, 0.3) is 0 Å². The van der Waals surface area contributed by atoms with Crippen molar-refractivity contribution in [2.45, 2.75) is 26.8 Å². The van der Waals surface area contributed by atoms with Crippen molar-refractivity contribution in [3.63, 3.8) is 0 Å². The SMILES string of the molecule is CN=C(NCCc1ncc(C)s1)NCc1ccc(Br)cc1C.I. The van der Waals surface area contributed by atoms with Gasteiger partial charge in [0, 0.05) is 42.1 Å². The largest absolute Gasteiger partial charge is 0.356 e. The normalized spacial score (nSPS) is 11.0. The number of nitrogens with zero attached hydrogens (tertiary/aromatic N) is 2. The number of hydrogen-bond acceptors (Lipinski definition) is 3. The van der Waals surface area contributed by atoms with E-state index in [1.54, 1.807) is 18.4 Å². The first kappa shape index (κ1) is 20.4. The van der Waals surface area contributed by atoms with E-state index in [0.29, 0.717) is 0 Å². The number of aryl methyl sites for hydroxylation is 2. The molecule has 0 saturated carbocycles. The third kappa shape index (κ3) is 6.76. The van der Waals surface area contributed by atoms with Crippen LogP contribution in [0.1, 0.15) is 21.0 Å². The maximum atomic E-state index is 4.37. The van der Waals surface area contributed by atoms with Crippen molar-refractivity contribution in [1.29, 1.82) is 0 Å². The molecule has 7 heteroatoms. The molecule has 0 aliphatic rings. The van der Waals surface area contributed by atoms with Gasteiger partial charge in [0.2, 0.25) is 0 Å². The van der Waals surface area contributed by atoms with Crippen LogP contribution in [0.15, 0.2) is 33.9 Å². The molecule has 0 bridgehead atoms. The predicted octanol–water partition coefficient (Wildman–Crippen LogP) is 4.05. The first-order chi connectivity index (χ1) is 10.6. The van der Waals surface area contributed by atoms with E-state index in [1.807, 2.05) is 6.20 Å². The van der Waals surface area contributed by atoms with Crippen molar-refractivity contribution >= 4 is 57.2 Å². The maximum absolute atomic E-state index is 4.37. The summed E-state index contributed by atoms with van der Waals surface area (Å²) in [5.41, 5.74) is 2.53.